The van der Waals surface area contributed by atoms with Crippen LogP contribution in [0.5, 0.6) is 0 Å². The summed E-state index contributed by atoms with van der Waals surface area (Å²) >= 11 is 1.89. The molecule has 0 spiro atoms. The van der Waals surface area contributed by atoms with Crippen LogP contribution in [0.15, 0.2) is 54.6 Å². The molecule has 3 rings (SSSR count). The van der Waals surface area contributed by atoms with Gasteiger partial charge in [-0.05, 0) is 28.9 Å². The molecule has 0 aliphatic heterocycles. The van der Waals surface area contributed by atoms with Crippen LogP contribution in [0.25, 0.3) is 0 Å². The topological polar surface area (TPSA) is 38.3 Å². The number of nitrogens with one attached hydrogen (secondary N) is 1. The van der Waals surface area contributed by atoms with Gasteiger partial charge in [-0.25, -0.2) is 0 Å². The minimum absolute atomic E-state index is 0.0665. The van der Waals surface area contributed by atoms with Gasteiger partial charge in [-0.1, -0.05) is 61.5 Å². The lowest BCUT2D eigenvalue weighted by atomic mass is 10.1. The van der Waals surface area contributed by atoms with Gasteiger partial charge in [0.15, 0.2) is 6.10 Å². The number of amides is 1. The van der Waals surface area contributed by atoms with Crippen molar-refractivity contribution in [3.63, 3.8) is 0 Å². The van der Waals surface area contributed by atoms with Crippen molar-refractivity contribution >= 4 is 17.7 Å². The number of hydrogen-bond acceptors (Lipinski definition) is 3. The minimum atomic E-state index is -0.567. The predicted octanol–water partition coefficient (Wildman–Crippen LogP) is 3.91. The third-order valence-electron chi connectivity index (χ3n) is 4.42. The molecule has 4 heteroatoms. The fourth-order valence-electron chi connectivity index (χ4n) is 3.35. The fraction of sp³-hybridized carbons (Fsp3) is 0.350. The van der Waals surface area contributed by atoms with Crippen LogP contribution in [0.3, 0.4) is 0 Å². The standard InChI is InChI=1S/C20H23NO2S/c1-3-24-19-16-12-8-7-11-15(16)13-17(19)21-20(22)18(23-2)14-9-5-4-6-10-14/h4-12,17-19H,3,13H2,1-2H3,(H,21,22)/t17?,18-,19?/m0/s1. The van der Waals surface area contributed by atoms with Gasteiger partial charge >= 0.3 is 0 Å². The highest BCUT2D eigenvalue weighted by Crippen LogP contribution is 2.41. The van der Waals surface area contributed by atoms with E-state index in [1.807, 2.05) is 42.1 Å². The van der Waals surface area contributed by atoms with Gasteiger partial charge in [0.05, 0.1) is 5.25 Å². The first-order valence-corrected chi connectivity index (χ1v) is 9.37. The summed E-state index contributed by atoms with van der Waals surface area (Å²) in [5, 5.41) is 3.53. The third kappa shape index (κ3) is 3.50. The molecule has 0 heterocycles. The molecule has 24 heavy (non-hydrogen) atoms. The summed E-state index contributed by atoms with van der Waals surface area (Å²) in [5.74, 6) is 0.959. The van der Waals surface area contributed by atoms with Crippen LogP contribution < -0.4 is 5.32 Å². The Hall–Kier alpha value is -1.78. The summed E-state index contributed by atoms with van der Waals surface area (Å²) < 4.78 is 5.46. The molecule has 1 aliphatic rings. The normalized spacial score (nSPS) is 20.4. The molecule has 0 aromatic heterocycles. The molecule has 3 nitrogen and oxygen atoms in total. The number of rotatable bonds is 6. The molecule has 2 aromatic carbocycles. The largest absolute Gasteiger partial charge is 0.367 e. The average Bonchev–Trinajstić information content (AvgIpc) is 2.94. The molecule has 0 saturated carbocycles. The van der Waals surface area contributed by atoms with E-state index in [4.69, 9.17) is 4.74 Å². The van der Waals surface area contributed by atoms with Gasteiger partial charge in [-0.2, -0.15) is 11.8 Å². The average molecular weight is 341 g/mol. The Morgan fingerprint density at radius 1 is 1.21 bits per heavy atom. The summed E-state index contributed by atoms with van der Waals surface area (Å²) in [5.41, 5.74) is 3.57. The number of carbonyl (C=O) groups excluding carboxylic acids is 1. The number of benzene rings is 2. The quantitative estimate of drug-likeness (QED) is 0.866. The molecule has 0 saturated heterocycles. The van der Waals surface area contributed by atoms with Crippen LogP contribution in [-0.4, -0.2) is 24.8 Å². The van der Waals surface area contributed by atoms with E-state index in [0.717, 1.165) is 17.7 Å². The number of thioether (sulfide) groups is 1. The van der Waals surface area contributed by atoms with Crippen molar-refractivity contribution in [2.24, 2.45) is 0 Å². The second kappa shape index (κ2) is 7.86. The maximum Gasteiger partial charge on any atom is 0.254 e. The van der Waals surface area contributed by atoms with Gasteiger partial charge in [-0.3, -0.25) is 4.79 Å². The summed E-state index contributed by atoms with van der Waals surface area (Å²) in [6, 6.07) is 18.2. The molecule has 1 aliphatic carbocycles. The highest BCUT2D eigenvalue weighted by Gasteiger charge is 2.34. The van der Waals surface area contributed by atoms with E-state index in [1.165, 1.54) is 11.1 Å². The van der Waals surface area contributed by atoms with Crippen molar-refractivity contribution in [3.05, 3.63) is 71.3 Å². The molecule has 1 amide bonds. The number of hydrogen-bond donors (Lipinski definition) is 1. The van der Waals surface area contributed by atoms with Crippen LogP contribution >= 0.6 is 11.8 Å². The summed E-state index contributed by atoms with van der Waals surface area (Å²) in [6.07, 6.45) is 0.312. The van der Waals surface area contributed by atoms with Crippen LogP contribution in [0, 0.1) is 0 Å². The molecule has 0 fully saturated rings. The number of ether oxygens (including phenoxy) is 1. The van der Waals surface area contributed by atoms with E-state index in [0.29, 0.717) is 5.25 Å². The second-order valence-electron chi connectivity index (χ2n) is 5.92. The Kier molecular flexibility index (Phi) is 5.59. The first-order chi connectivity index (χ1) is 11.7. The lowest BCUT2D eigenvalue weighted by molar-refractivity contribution is -0.132. The first-order valence-electron chi connectivity index (χ1n) is 8.32. The Balaban J connectivity index is 1.76. The Labute approximate surface area is 147 Å². The van der Waals surface area contributed by atoms with Crippen LogP contribution in [0.1, 0.15) is 35.0 Å². The number of carbonyl (C=O) groups is 1. The van der Waals surface area contributed by atoms with Crippen molar-refractivity contribution < 1.29 is 9.53 Å². The summed E-state index contributed by atoms with van der Waals surface area (Å²) in [4.78, 5) is 12.8. The van der Waals surface area contributed by atoms with Crippen molar-refractivity contribution in [2.45, 2.75) is 30.7 Å². The Morgan fingerprint density at radius 3 is 2.62 bits per heavy atom. The summed E-state index contributed by atoms with van der Waals surface area (Å²) in [7, 11) is 1.58. The predicted molar refractivity (Wildman–Crippen MR) is 99.1 cm³/mol. The van der Waals surface area contributed by atoms with Gasteiger partial charge < -0.3 is 10.1 Å². The molecule has 0 bridgehead atoms. The van der Waals surface area contributed by atoms with E-state index in [1.54, 1.807) is 7.11 Å². The SMILES string of the molecule is CCSC1c2ccccc2CC1NC(=O)[C@@H](OC)c1ccccc1. The smallest absolute Gasteiger partial charge is 0.254 e. The van der Waals surface area contributed by atoms with Gasteiger partial charge in [0.2, 0.25) is 0 Å². The van der Waals surface area contributed by atoms with E-state index in [9.17, 15) is 4.79 Å². The first kappa shape index (κ1) is 17.1. The van der Waals surface area contributed by atoms with E-state index in [2.05, 4.69) is 36.5 Å². The van der Waals surface area contributed by atoms with Crippen molar-refractivity contribution in [2.75, 3.05) is 12.9 Å². The van der Waals surface area contributed by atoms with Crippen LogP contribution in [-0.2, 0) is 16.0 Å². The number of fused-ring (bicyclic) bond motifs is 1. The van der Waals surface area contributed by atoms with Crippen molar-refractivity contribution in [1.29, 1.82) is 0 Å². The molecular weight excluding hydrogens is 318 g/mol. The summed E-state index contributed by atoms with van der Waals surface area (Å²) in [6.45, 7) is 2.16. The molecule has 3 atom stereocenters. The maximum absolute atomic E-state index is 12.8. The highest BCUT2D eigenvalue weighted by atomic mass is 32.2. The zero-order chi connectivity index (χ0) is 16.9. The molecule has 2 aromatic rings. The Morgan fingerprint density at radius 2 is 1.92 bits per heavy atom. The fourth-order valence-corrected chi connectivity index (χ4v) is 4.52. The molecule has 1 N–H and O–H groups in total. The van der Waals surface area contributed by atoms with Crippen LogP contribution in [0.2, 0.25) is 0 Å². The van der Waals surface area contributed by atoms with Gasteiger partial charge in [0, 0.05) is 13.2 Å². The van der Waals surface area contributed by atoms with Crippen molar-refractivity contribution in [3.8, 4) is 0 Å². The van der Waals surface area contributed by atoms with Crippen molar-refractivity contribution in [1.82, 2.24) is 5.32 Å². The van der Waals surface area contributed by atoms with Gasteiger partial charge in [0.1, 0.15) is 0 Å². The molecular formula is C20H23NO2S. The lowest BCUT2D eigenvalue weighted by Crippen LogP contribution is -2.40. The van der Waals surface area contributed by atoms with Gasteiger partial charge in [0.25, 0.3) is 5.91 Å². The van der Waals surface area contributed by atoms with E-state index >= 15 is 0 Å². The second-order valence-corrected chi connectivity index (χ2v) is 7.34. The maximum atomic E-state index is 12.8. The molecule has 2 unspecified atom stereocenters. The van der Waals surface area contributed by atoms with E-state index in [-0.39, 0.29) is 11.9 Å². The lowest BCUT2D eigenvalue weighted by Gasteiger charge is -2.24. The van der Waals surface area contributed by atoms with E-state index < -0.39 is 6.10 Å². The molecule has 0 radical (unpaired) electrons. The zero-order valence-corrected chi connectivity index (χ0v) is 14.9. The number of methoxy groups -OCH3 is 1. The highest BCUT2D eigenvalue weighted by molar-refractivity contribution is 7.99. The monoisotopic (exact) mass is 341 g/mol. The Bertz CT molecular complexity index is 689. The van der Waals surface area contributed by atoms with Crippen LogP contribution in [0.4, 0.5) is 0 Å². The minimum Gasteiger partial charge on any atom is -0.367 e. The van der Waals surface area contributed by atoms with Gasteiger partial charge in [-0.15, -0.1) is 0 Å². The third-order valence-corrected chi connectivity index (χ3v) is 5.69. The zero-order valence-electron chi connectivity index (χ0n) is 14.1. The molecule has 126 valence electrons.